The fourth-order valence-electron chi connectivity index (χ4n) is 5.85. The molecule has 226 valence electrons. The number of benzene rings is 2. The van der Waals surface area contributed by atoms with Crippen molar-refractivity contribution in [3.05, 3.63) is 64.4 Å². The average molecular weight is 596 g/mol. The summed E-state index contributed by atoms with van der Waals surface area (Å²) in [4.78, 5) is 40.5. The summed E-state index contributed by atoms with van der Waals surface area (Å²) < 4.78 is 18.5. The van der Waals surface area contributed by atoms with Crippen molar-refractivity contribution in [3.8, 4) is 5.75 Å². The van der Waals surface area contributed by atoms with Crippen LogP contribution in [0.2, 0.25) is 0 Å². The molecule has 0 radical (unpaired) electrons. The number of carbonyl (C=O) groups excluding carboxylic acids is 2. The van der Waals surface area contributed by atoms with Crippen LogP contribution in [-0.2, 0) is 20.8 Å². The summed E-state index contributed by atoms with van der Waals surface area (Å²) in [6.45, 7) is 2.68. The van der Waals surface area contributed by atoms with Gasteiger partial charge >= 0.3 is 5.97 Å². The van der Waals surface area contributed by atoms with E-state index >= 15 is 0 Å². The maximum atomic E-state index is 13.8. The fraction of sp³-hybridized carbons (Fsp3) is 0.531. The number of aromatic nitrogens is 3. The van der Waals surface area contributed by atoms with Gasteiger partial charge in [0.25, 0.3) is 5.56 Å². The van der Waals surface area contributed by atoms with Gasteiger partial charge in [0.05, 0.1) is 31.1 Å². The van der Waals surface area contributed by atoms with Crippen molar-refractivity contribution in [2.75, 3.05) is 50.9 Å². The standard InChI is InChI=1S/C32H41N3O6S/c1-42(2,3)19-18-40-32(38)29-24(20-35-31(37)26-6-4-5-7-28(26)33-34-35)10-13-27(29)30(36)23-8-11-25(12-9-23)41-21-22-14-16-39-17-15-22/h4-9,11-12,22,24,27,29H,10,13-21H2,1-3H3/t24-,27-,29-/m0/s1. The Morgan fingerprint density at radius 1 is 1.00 bits per heavy atom. The Labute approximate surface area is 248 Å². The molecular formula is C32H41N3O6S. The molecule has 0 unspecified atom stereocenters. The summed E-state index contributed by atoms with van der Waals surface area (Å²) in [5.74, 6) is 0.0359. The molecule has 0 N–H and O–H groups in total. The van der Waals surface area contributed by atoms with E-state index in [2.05, 4.69) is 29.1 Å². The maximum Gasteiger partial charge on any atom is 0.310 e. The highest BCUT2D eigenvalue weighted by molar-refractivity contribution is 8.32. The second kappa shape index (κ2) is 13.4. The first-order valence-corrected chi connectivity index (χ1v) is 17.7. The lowest BCUT2D eigenvalue weighted by Crippen LogP contribution is -2.36. The highest BCUT2D eigenvalue weighted by Crippen LogP contribution is 2.41. The van der Waals surface area contributed by atoms with Gasteiger partial charge in [0.2, 0.25) is 0 Å². The van der Waals surface area contributed by atoms with Crippen molar-refractivity contribution < 1.29 is 23.8 Å². The van der Waals surface area contributed by atoms with E-state index in [9.17, 15) is 14.4 Å². The molecule has 0 bridgehead atoms. The number of hydrogen-bond acceptors (Lipinski definition) is 8. The van der Waals surface area contributed by atoms with Crippen LogP contribution in [0.1, 0.15) is 36.0 Å². The molecule has 1 saturated carbocycles. The van der Waals surface area contributed by atoms with Gasteiger partial charge in [-0.2, -0.15) is 0 Å². The van der Waals surface area contributed by atoms with Gasteiger partial charge < -0.3 is 14.2 Å². The van der Waals surface area contributed by atoms with E-state index in [4.69, 9.17) is 14.2 Å². The molecule has 3 atom stereocenters. The summed E-state index contributed by atoms with van der Waals surface area (Å²) in [5.41, 5.74) is 0.813. The van der Waals surface area contributed by atoms with Gasteiger partial charge in [-0.3, -0.25) is 14.4 Å². The molecule has 5 rings (SSSR count). The van der Waals surface area contributed by atoms with Gasteiger partial charge in [0.15, 0.2) is 5.78 Å². The minimum Gasteiger partial charge on any atom is -0.493 e. The molecule has 1 aromatic heterocycles. The molecule has 42 heavy (non-hydrogen) atoms. The molecule has 2 fully saturated rings. The van der Waals surface area contributed by atoms with Crippen LogP contribution in [0.3, 0.4) is 0 Å². The predicted molar refractivity (Wildman–Crippen MR) is 165 cm³/mol. The van der Waals surface area contributed by atoms with Crippen LogP contribution < -0.4 is 10.3 Å². The Kier molecular flexibility index (Phi) is 9.63. The van der Waals surface area contributed by atoms with Crippen LogP contribution in [0.4, 0.5) is 0 Å². The summed E-state index contributed by atoms with van der Waals surface area (Å²) in [6.07, 6.45) is 9.64. The van der Waals surface area contributed by atoms with Crippen LogP contribution in [0, 0.1) is 23.7 Å². The highest BCUT2D eigenvalue weighted by Gasteiger charge is 2.46. The molecule has 3 aromatic rings. The van der Waals surface area contributed by atoms with Crippen LogP contribution in [-0.4, -0.2) is 77.7 Å². The summed E-state index contributed by atoms with van der Waals surface area (Å²) in [5, 5.41) is 8.82. The molecule has 1 aliphatic heterocycles. The quantitative estimate of drug-likeness (QED) is 0.238. The molecule has 0 spiro atoms. The molecule has 10 heteroatoms. The lowest BCUT2D eigenvalue weighted by atomic mass is 9.84. The minimum absolute atomic E-state index is 0.0891. The van der Waals surface area contributed by atoms with Gasteiger partial charge in [-0.25, -0.2) is 14.7 Å². The number of nitrogens with zero attached hydrogens (tertiary/aromatic N) is 3. The number of esters is 1. The third kappa shape index (κ3) is 7.39. The zero-order valence-electron chi connectivity index (χ0n) is 24.7. The Hall–Kier alpha value is -3.24. The third-order valence-electron chi connectivity index (χ3n) is 8.34. The number of fused-ring (bicyclic) bond motifs is 1. The van der Waals surface area contributed by atoms with Crippen molar-refractivity contribution in [1.29, 1.82) is 0 Å². The smallest absolute Gasteiger partial charge is 0.310 e. The van der Waals surface area contributed by atoms with E-state index in [1.165, 1.54) is 4.68 Å². The Morgan fingerprint density at radius 3 is 2.48 bits per heavy atom. The largest absolute Gasteiger partial charge is 0.493 e. The molecule has 9 nitrogen and oxygen atoms in total. The van der Waals surface area contributed by atoms with Crippen LogP contribution in [0.15, 0.2) is 53.3 Å². The van der Waals surface area contributed by atoms with Crippen LogP contribution in [0.25, 0.3) is 10.9 Å². The van der Waals surface area contributed by atoms with Crippen molar-refractivity contribution in [2.24, 2.45) is 23.7 Å². The second-order valence-electron chi connectivity index (χ2n) is 12.3. The van der Waals surface area contributed by atoms with Crippen LogP contribution >= 0.6 is 10.0 Å². The summed E-state index contributed by atoms with van der Waals surface area (Å²) >= 11 is 0. The average Bonchev–Trinajstić information content (AvgIpc) is 3.41. The first-order chi connectivity index (χ1) is 20.2. The Bertz CT molecular complexity index is 1450. The van der Waals surface area contributed by atoms with Crippen molar-refractivity contribution >= 4 is 32.7 Å². The summed E-state index contributed by atoms with van der Waals surface area (Å²) in [7, 11) is -0.847. The maximum absolute atomic E-state index is 13.8. The van der Waals surface area contributed by atoms with E-state index in [1.54, 1.807) is 30.3 Å². The van der Waals surface area contributed by atoms with Crippen molar-refractivity contribution in [2.45, 2.75) is 32.2 Å². The van der Waals surface area contributed by atoms with Gasteiger partial charge in [-0.1, -0.05) is 17.3 Å². The zero-order chi connectivity index (χ0) is 29.7. The SMILES string of the molecule is CS(C)(C)CCOC(=O)[C@H]1[C@H](Cn2nnc3ccccc3c2=O)CC[C@@H]1C(=O)c1ccc(OCC2CCOCC2)cc1. The summed E-state index contributed by atoms with van der Waals surface area (Å²) in [6, 6.07) is 14.3. The van der Waals surface area contributed by atoms with Gasteiger partial charge in [0.1, 0.15) is 11.3 Å². The van der Waals surface area contributed by atoms with Crippen molar-refractivity contribution in [3.63, 3.8) is 0 Å². The number of Topliss-reactive ketones (excluding diaryl/α,β-unsaturated/α-hetero) is 1. The molecule has 2 aromatic carbocycles. The van der Waals surface area contributed by atoms with Crippen LogP contribution in [0.5, 0.6) is 5.75 Å². The monoisotopic (exact) mass is 595 g/mol. The molecule has 0 amide bonds. The van der Waals surface area contributed by atoms with Gasteiger partial charge in [-0.15, -0.1) is 5.10 Å². The topological polar surface area (TPSA) is 110 Å². The van der Waals surface area contributed by atoms with Gasteiger partial charge in [0, 0.05) is 30.4 Å². The number of carbonyl (C=O) groups is 2. The molecule has 2 heterocycles. The Balaban J connectivity index is 1.32. The van der Waals surface area contributed by atoms with E-state index in [0.717, 1.165) is 37.6 Å². The Morgan fingerprint density at radius 2 is 1.74 bits per heavy atom. The van der Waals surface area contributed by atoms with E-state index in [-0.39, 0.29) is 29.8 Å². The number of rotatable bonds is 11. The predicted octanol–water partition coefficient (Wildman–Crippen LogP) is 4.36. The molecule has 1 saturated heterocycles. The third-order valence-corrected chi connectivity index (χ3v) is 9.73. The normalized spacial score (nSPS) is 21.7. The fourth-order valence-corrected chi connectivity index (χ4v) is 6.43. The first kappa shape index (κ1) is 30.2. The molecule has 2 aliphatic rings. The zero-order valence-corrected chi connectivity index (χ0v) is 25.5. The molecule has 1 aliphatic carbocycles. The van der Waals surface area contributed by atoms with E-state index in [0.29, 0.717) is 48.4 Å². The minimum atomic E-state index is -0.847. The molecular weight excluding hydrogens is 554 g/mol. The van der Waals surface area contributed by atoms with E-state index in [1.807, 2.05) is 18.2 Å². The highest BCUT2D eigenvalue weighted by atomic mass is 32.3. The van der Waals surface area contributed by atoms with E-state index < -0.39 is 21.9 Å². The lowest BCUT2D eigenvalue weighted by Gasteiger charge is -2.27. The van der Waals surface area contributed by atoms with Crippen molar-refractivity contribution in [1.82, 2.24) is 15.0 Å². The number of hydrogen-bond donors (Lipinski definition) is 0. The lowest BCUT2D eigenvalue weighted by molar-refractivity contribution is -0.150. The first-order valence-electron chi connectivity index (χ1n) is 14.7. The number of ketones is 1. The van der Waals surface area contributed by atoms with Gasteiger partial charge in [-0.05, 0) is 92.7 Å². The second-order valence-corrected chi connectivity index (χ2v) is 16.9. The number of ether oxygens (including phenoxy) is 3.